The molecule has 1 amide bonds. The number of amides is 1. The summed E-state index contributed by atoms with van der Waals surface area (Å²) in [6.45, 7) is 4.94. The van der Waals surface area contributed by atoms with Crippen LogP contribution in [0.2, 0.25) is 0 Å². The smallest absolute Gasteiger partial charge is 0.414 e. The molecule has 1 N–H and O–H groups in total. The Labute approximate surface area is 169 Å². The van der Waals surface area contributed by atoms with Crippen molar-refractivity contribution in [3.63, 3.8) is 0 Å². The van der Waals surface area contributed by atoms with Crippen LogP contribution in [-0.2, 0) is 4.74 Å². The van der Waals surface area contributed by atoms with Gasteiger partial charge in [0.15, 0.2) is 0 Å². The lowest BCUT2D eigenvalue weighted by Gasteiger charge is -2.33. The zero-order valence-corrected chi connectivity index (χ0v) is 16.2. The number of benzene rings is 1. The van der Waals surface area contributed by atoms with Crippen LogP contribution >= 0.6 is 0 Å². The Kier molecular flexibility index (Phi) is 5.86. The van der Waals surface area contributed by atoms with E-state index in [0.29, 0.717) is 18.9 Å². The number of morpholine rings is 1. The molecule has 2 aliphatic heterocycles. The second-order valence-electron chi connectivity index (χ2n) is 7.09. The van der Waals surface area contributed by atoms with Crippen molar-refractivity contribution in [3.8, 4) is 12.0 Å². The maximum Gasteiger partial charge on any atom is 0.419 e. The van der Waals surface area contributed by atoms with E-state index in [1.165, 1.54) is 18.6 Å². The topological polar surface area (TPSA) is 91.0 Å². The molecule has 0 saturated carbocycles. The summed E-state index contributed by atoms with van der Waals surface area (Å²) >= 11 is 0. The van der Waals surface area contributed by atoms with Crippen LogP contribution in [0.4, 0.5) is 21.9 Å². The molecule has 8 nitrogen and oxygen atoms in total. The first-order chi connectivity index (χ1) is 14.2. The summed E-state index contributed by atoms with van der Waals surface area (Å²) in [6.07, 6.45) is 2.85. The van der Waals surface area contributed by atoms with Crippen LogP contribution in [0.5, 0.6) is 5.95 Å². The highest BCUT2D eigenvalue weighted by Gasteiger charge is 2.20. The molecule has 0 aliphatic carbocycles. The van der Waals surface area contributed by atoms with E-state index < -0.39 is 6.09 Å². The molecule has 0 bridgehead atoms. The molecule has 2 fully saturated rings. The molecule has 0 unspecified atom stereocenters. The normalized spacial score (nSPS) is 16.9. The van der Waals surface area contributed by atoms with Gasteiger partial charge in [-0.25, -0.2) is 4.79 Å². The van der Waals surface area contributed by atoms with Gasteiger partial charge in [-0.05, 0) is 43.5 Å². The number of hydrogen-bond donors (Lipinski definition) is 1. The average Bonchev–Trinajstić information content (AvgIpc) is 3.22. The van der Waals surface area contributed by atoms with Crippen LogP contribution in [0.3, 0.4) is 0 Å². The van der Waals surface area contributed by atoms with Crippen molar-refractivity contribution in [2.45, 2.75) is 19.3 Å². The van der Waals surface area contributed by atoms with Crippen molar-refractivity contribution in [2.75, 3.05) is 54.5 Å². The highest BCUT2D eigenvalue weighted by molar-refractivity contribution is 5.92. The van der Waals surface area contributed by atoms with Crippen LogP contribution in [0, 0.1) is 11.3 Å². The van der Waals surface area contributed by atoms with E-state index in [9.17, 15) is 4.79 Å². The number of nitriles is 1. The maximum atomic E-state index is 12.5. The van der Waals surface area contributed by atoms with Gasteiger partial charge < -0.3 is 23.7 Å². The molecular weight excluding hydrogens is 372 g/mol. The van der Waals surface area contributed by atoms with Gasteiger partial charge in [0.25, 0.3) is 5.95 Å². The number of furan rings is 1. The number of nitrogens with zero attached hydrogens (tertiary/aromatic N) is 3. The fourth-order valence-corrected chi connectivity index (χ4v) is 3.71. The Morgan fingerprint density at radius 3 is 2.55 bits per heavy atom. The lowest BCUT2D eigenvalue weighted by Crippen LogP contribution is -2.36. The molecule has 2 saturated heterocycles. The van der Waals surface area contributed by atoms with Crippen molar-refractivity contribution in [1.29, 1.82) is 5.26 Å². The zero-order chi connectivity index (χ0) is 20.1. The van der Waals surface area contributed by atoms with Crippen molar-refractivity contribution >= 4 is 23.2 Å². The first kappa shape index (κ1) is 19.2. The molecule has 2 aromatic rings. The summed E-state index contributed by atoms with van der Waals surface area (Å²) in [5.41, 5.74) is 2.72. The lowest BCUT2D eigenvalue weighted by molar-refractivity contribution is 0.122. The minimum absolute atomic E-state index is 0.0112. The lowest BCUT2D eigenvalue weighted by atomic mass is 10.1. The number of rotatable bonds is 4. The molecule has 8 heteroatoms. The molecule has 1 aromatic carbocycles. The Balaban J connectivity index is 1.55. The molecule has 29 heavy (non-hydrogen) atoms. The van der Waals surface area contributed by atoms with E-state index in [2.05, 4.69) is 27.2 Å². The summed E-state index contributed by atoms with van der Waals surface area (Å²) in [6, 6.07) is 10.9. The van der Waals surface area contributed by atoms with Gasteiger partial charge in [0, 0.05) is 37.9 Å². The predicted octanol–water partition coefficient (Wildman–Crippen LogP) is 3.59. The summed E-state index contributed by atoms with van der Waals surface area (Å²) in [7, 11) is 0. The molecule has 1 aromatic heterocycles. The first-order valence-corrected chi connectivity index (χ1v) is 9.93. The molecule has 4 rings (SSSR count). The second-order valence-corrected chi connectivity index (χ2v) is 7.09. The number of piperidine rings is 1. The van der Waals surface area contributed by atoms with Gasteiger partial charge in [0.05, 0.1) is 24.6 Å². The highest BCUT2D eigenvalue weighted by Crippen LogP contribution is 2.33. The Morgan fingerprint density at radius 1 is 1.03 bits per heavy atom. The monoisotopic (exact) mass is 396 g/mol. The van der Waals surface area contributed by atoms with Crippen LogP contribution in [0.15, 0.2) is 34.7 Å². The molecule has 0 radical (unpaired) electrons. The molecule has 0 atom stereocenters. The van der Waals surface area contributed by atoms with Gasteiger partial charge in [0.1, 0.15) is 6.07 Å². The molecule has 3 heterocycles. The van der Waals surface area contributed by atoms with Gasteiger partial charge in [-0.2, -0.15) is 5.26 Å². The molecule has 152 valence electrons. The summed E-state index contributed by atoms with van der Waals surface area (Å²) < 4.78 is 15.8. The largest absolute Gasteiger partial charge is 0.419 e. The van der Waals surface area contributed by atoms with Gasteiger partial charge >= 0.3 is 6.09 Å². The van der Waals surface area contributed by atoms with E-state index >= 15 is 0 Å². The number of hydrogen-bond acceptors (Lipinski definition) is 7. The SMILES string of the molecule is N#Cc1ccc(OC(=O)Nc2cc(N3CCOCC3)ccc2N2CCCCC2)o1. The minimum atomic E-state index is -0.652. The average molecular weight is 396 g/mol. The van der Waals surface area contributed by atoms with Crippen molar-refractivity contribution in [2.24, 2.45) is 0 Å². The van der Waals surface area contributed by atoms with Crippen LogP contribution in [0.1, 0.15) is 25.0 Å². The van der Waals surface area contributed by atoms with E-state index in [-0.39, 0.29) is 11.7 Å². The van der Waals surface area contributed by atoms with Crippen LogP contribution in [0.25, 0.3) is 0 Å². The van der Waals surface area contributed by atoms with Gasteiger partial charge in [-0.15, -0.1) is 0 Å². The standard InChI is InChI=1S/C21H24N4O4/c22-15-17-5-7-20(28-17)29-21(26)23-18-14-16(24-10-12-27-13-11-24)4-6-19(18)25-8-2-1-3-9-25/h4-7,14H,1-3,8-13H2,(H,23,26). The number of anilines is 3. The van der Waals surface area contributed by atoms with Crippen molar-refractivity contribution < 1.29 is 18.7 Å². The van der Waals surface area contributed by atoms with E-state index in [0.717, 1.165) is 50.4 Å². The number of nitrogens with one attached hydrogen (secondary N) is 1. The zero-order valence-electron chi connectivity index (χ0n) is 16.2. The Hall–Kier alpha value is -3.18. The third-order valence-corrected chi connectivity index (χ3v) is 5.17. The fraction of sp³-hybridized carbons (Fsp3) is 0.429. The second kappa shape index (κ2) is 8.88. The number of carbonyl (C=O) groups excluding carboxylic acids is 1. The van der Waals surface area contributed by atoms with Crippen LogP contribution in [-0.4, -0.2) is 45.5 Å². The third-order valence-electron chi connectivity index (χ3n) is 5.17. The first-order valence-electron chi connectivity index (χ1n) is 9.93. The highest BCUT2D eigenvalue weighted by atomic mass is 16.6. The molecule has 0 spiro atoms. The predicted molar refractivity (Wildman–Crippen MR) is 109 cm³/mol. The maximum absolute atomic E-state index is 12.5. The van der Waals surface area contributed by atoms with Gasteiger partial charge in [-0.1, -0.05) is 0 Å². The van der Waals surface area contributed by atoms with E-state index in [4.69, 9.17) is 19.2 Å². The quantitative estimate of drug-likeness (QED) is 0.844. The number of ether oxygens (including phenoxy) is 2. The van der Waals surface area contributed by atoms with Crippen molar-refractivity contribution in [1.82, 2.24) is 0 Å². The fourth-order valence-electron chi connectivity index (χ4n) is 3.71. The van der Waals surface area contributed by atoms with Crippen LogP contribution < -0.4 is 19.9 Å². The summed E-state index contributed by atoms with van der Waals surface area (Å²) in [4.78, 5) is 17.0. The van der Waals surface area contributed by atoms with Gasteiger partial charge in [-0.3, -0.25) is 5.32 Å². The number of carbonyl (C=O) groups is 1. The third kappa shape index (κ3) is 4.63. The molecule has 2 aliphatic rings. The van der Waals surface area contributed by atoms with E-state index in [1.54, 1.807) is 0 Å². The summed E-state index contributed by atoms with van der Waals surface area (Å²) in [5, 5.41) is 11.7. The van der Waals surface area contributed by atoms with E-state index in [1.807, 2.05) is 12.1 Å². The molecular formula is C21H24N4O4. The summed E-state index contributed by atoms with van der Waals surface area (Å²) in [5.74, 6) is 0.0824. The van der Waals surface area contributed by atoms with Gasteiger partial charge in [0.2, 0.25) is 5.76 Å². The van der Waals surface area contributed by atoms with Crippen molar-refractivity contribution in [3.05, 3.63) is 36.1 Å². The Morgan fingerprint density at radius 2 is 1.83 bits per heavy atom. The minimum Gasteiger partial charge on any atom is -0.414 e. The Bertz CT molecular complexity index is 892.